The fourth-order valence-electron chi connectivity index (χ4n) is 2.50. The molecular weight excluding hydrogens is 288 g/mol. The van der Waals surface area contributed by atoms with Crippen LogP contribution in [0.2, 0.25) is 0 Å². The molecule has 0 bridgehead atoms. The van der Waals surface area contributed by atoms with Crippen LogP contribution in [-0.2, 0) is 11.2 Å². The summed E-state index contributed by atoms with van der Waals surface area (Å²) in [6.07, 6.45) is 5.09. The molecule has 0 saturated heterocycles. The number of aliphatic carboxylic acids is 1. The van der Waals surface area contributed by atoms with Crippen LogP contribution in [0.25, 0.3) is 0 Å². The van der Waals surface area contributed by atoms with Crippen LogP contribution in [0.1, 0.15) is 30.6 Å². The molecule has 1 saturated carbocycles. The highest BCUT2D eigenvalue weighted by Gasteiger charge is 2.30. The molecule has 0 radical (unpaired) electrons. The van der Waals surface area contributed by atoms with Gasteiger partial charge in [0.1, 0.15) is 0 Å². The molecule has 0 aliphatic heterocycles. The molecule has 1 fully saturated rings. The van der Waals surface area contributed by atoms with Crippen molar-refractivity contribution in [3.63, 3.8) is 0 Å². The number of thiophene rings is 1. The van der Waals surface area contributed by atoms with Gasteiger partial charge in [-0.1, -0.05) is 12.8 Å². The third kappa shape index (κ3) is 2.86. The first-order valence-electron chi connectivity index (χ1n) is 5.64. The lowest BCUT2D eigenvalue weighted by molar-refractivity contribution is -0.144. The van der Waals surface area contributed by atoms with E-state index >= 15 is 0 Å². The largest absolute Gasteiger partial charge is 0.481 e. The molecule has 1 aromatic rings. The molecule has 1 aliphatic carbocycles. The lowest BCUT2D eigenvalue weighted by Crippen LogP contribution is -2.28. The Balaban J connectivity index is 2.03. The molecule has 1 aromatic heterocycles. The minimum absolute atomic E-state index is 0.130. The maximum Gasteiger partial charge on any atom is 0.306 e. The molecule has 1 aliphatic rings. The maximum absolute atomic E-state index is 11.2. The lowest BCUT2D eigenvalue weighted by atomic mass is 9.77. The Kier molecular flexibility index (Phi) is 4.03. The van der Waals surface area contributed by atoms with Crippen molar-refractivity contribution in [3.05, 3.63) is 20.8 Å². The SMILES string of the molecule is O=C(O)C1CCCCC1Cc1ccc(Br)s1. The second-order valence-corrected chi connectivity index (χ2v) is 6.95. The van der Waals surface area contributed by atoms with E-state index in [1.165, 1.54) is 11.3 Å². The number of carbonyl (C=O) groups is 1. The number of carboxylic acids is 1. The van der Waals surface area contributed by atoms with Gasteiger partial charge in [0.2, 0.25) is 0 Å². The maximum atomic E-state index is 11.2. The highest BCUT2D eigenvalue weighted by atomic mass is 79.9. The van der Waals surface area contributed by atoms with Crippen LogP contribution in [0, 0.1) is 11.8 Å². The second-order valence-electron chi connectivity index (χ2n) is 4.40. The summed E-state index contributed by atoms with van der Waals surface area (Å²) in [5, 5.41) is 9.19. The van der Waals surface area contributed by atoms with Gasteiger partial charge in [-0.25, -0.2) is 0 Å². The molecule has 2 unspecified atom stereocenters. The van der Waals surface area contributed by atoms with E-state index in [0.29, 0.717) is 5.92 Å². The molecule has 2 atom stereocenters. The van der Waals surface area contributed by atoms with Gasteiger partial charge in [0.25, 0.3) is 0 Å². The summed E-state index contributed by atoms with van der Waals surface area (Å²) < 4.78 is 1.13. The average molecular weight is 303 g/mol. The highest BCUT2D eigenvalue weighted by Crippen LogP contribution is 2.34. The van der Waals surface area contributed by atoms with Crippen molar-refractivity contribution >= 4 is 33.2 Å². The van der Waals surface area contributed by atoms with E-state index < -0.39 is 5.97 Å². The standard InChI is InChI=1S/C12H15BrO2S/c13-11-6-5-9(16-11)7-8-3-1-2-4-10(8)12(14)15/h5-6,8,10H,1-4,7H2,(H,14,15). The van der Waals surface area contributed by atoms with Gasteiger partial charge in [-0.2, -0.15) is 0 Å². The smallest absolute Gasteiger partial charge is 0.306 e. The first kappa shape index (κ1) is 12.1. The predicted molar refractivity (Wildman–Crippen MR) is 68.8 cm³/mol. The summed E-state index contributed by atoms with van der Waals surface area (Å²) in [5.41, 5.74) is 0. The van der Waals surface area contributed by atoms with Crippen LogP contribution in [0.4, 0.5) is 0 Å². The fourth-order valence-corrected chi connectivity index (χ4v) is 4.07. The van der Waals surface area contributed by atoms with Crippen LogP contribution in [0.15, 0.2) is 15.9 Å². The molecule has 4 heteroatoms. The highest BCUT2D eigenvalue weighted by molar-refractivity contribution is 9.11. The quantitative estimate of drug-likeness (QED) is 0.918. The van der Waals surface area contributed by atoms with E-state index in [0.717, 1.165) is 29.5 Å². The summed E-state index contributed by atoms with van der Waals surface area (Å²) in [7, 11) is 0. The van der Waals surface area contributed by atoms with Gasteiger partial charge >= 0.3 is 5.97 Å². The van der Waals surface area contributed by atoms with E-state index in [4.69, 9.17) is 0 Å². The van der Waals surface area contributed by atoms with Gasteiger partial charge < -0.3 is 5.11 Å². The van der Waals surface area contributed by atoms with Crippen molar-refractivity contribution in [1.29, 1.82) is 0 Å². The Labute approximate surface area is 108 Å². The van der Waals surface area contributed by atoms with Gasteiger partial charge in [0.15, 0.2) is 0 Å². The van der Waals surface area contributed by atoms with E-state index in [1.807, 2.05) is 6.07 Å². The third-order valence-corrected chi connectivity index (χ3v) is 4.96. The average Bonchev–Trinajstić information content (AvgIpc) is 2.64. The monoisotopic (exact) mass is 302 g/mol. The van der Waals surface area contributed by atoms with Crippen LogP contribution in [0.3, 0.4) is 0 Å². The molecular formula is C12H15BrO2S. The summed E-state index contributed by atoms with van der Waals surface area (Å²) in [5.74, 6) is -0.410. The zero-order valence-electron chi connectivity index (χ0n) is 8.99. The summed E-state index contributed by atoms with van der Waals surface area (Å²) in [6.45, 7) is 0. The number of carboxylic acid groups (broad SMARTS) is 1. The van der Waals surface area contributed by atoms with Crippen molar-refractivity contribution in [1.82, 2.24) is 0 Å². The van der Waals surface area contributed by atoms with Crippen LogP contribution in [0.5, 0.6) is 0 Å². The number of hydrogen-bond donors (Lipinski definition) is 1. The van der Waals surface area contributed by atoms with Crippen molar-refractivity contribution in [2.24, 2.45) is 11.8 Å². The van der Waals surface area contributed by atoms with E-state index in [-0.39, 0.29) is 5.92 Å². The van der Waals surface area contributed by atoms with Gasteiger partial charge in [0.05, 0.1) is 9.70 Å². The Hall–Kier alpha value is -0.350. The van der Waals surface area contributed by atoms with E-state index in [9.17, 15) is 9.90 Å². The fraction of sp³-hybridized carbons (Fsp3) is 0.583. The Morgan fingerprint density at radius 1 is 1.44 bits per heavy atom. The van der Waals surface area contributed by atoms with Crippen molar-refractivity contribution in [2.45, 2.75) is 32.1 Å². The molecule has 2 nitrogen and oxygen atoms in total. The molecule has 2 rings (SSSR count). The predicted octanol–water partition coefficient (Wildman–Crippen LogP) is 3.94. The molecule has 88 valence electrons. The number of hydrogen-bond acceptors (Lipinski definition) is 2. The summed E-state index contributed by atoms with van der Waals surface area (Å²) in [4.78, 5) is 12.5. The molecule has 0 spiro atoms. The van der Waals surface area contributed by atoms with Gasteiger partial charge in [-0.05, 0) is 53.2 Å². The van der Waals surface area contributed by atoms with Crippen LogP contribution >= 0.6 is 27.3 Å². The first-order valence-corrected chi connectivity index (χ1v) is 7.25. The summed E-state index contributed by atoms with van der Waals surface area (Å²) in [6, 6.07) is 4.14. The minimum atomic E-state index is -0.611. The van der Waals surface area contributed by atoms with Crippen LogP contribution < -0.4 is 0 Å². The zero-order valence-corrected chi connectivity index (χ0v) is 11.4. The third-order valence-electron chi connectivity index (χ3n) is 3.32. The molecule has 1 N–H and O–H groups in total. The Bertz CT molecular complexity index is 375. The second kappa shape index (κ2) is 5.32. The normalized spacial score (nSPS) is 25.6. The van der Waals surface area contributed by atoms with Gasteiger partial charge in [-0.3, -0.25) is 4.79 Å². The molecule has 0 amide bonds. The van der Waals surface area contributed by atoms with Crippen molar-refractivity contribution in [2.75, 3.05) is 0 Å². The lowest BCUT2D eigenvalue weighted by Gasteiger charge is -2.28. The molecule has 16 heavy (non-hydrogen) atoms. The first-order chi connectivity index (χ1) is 7.66. The minimum Gasteiger partial charge on any atom is -0.481 e. The van der Waals surface area contributed by atoms with Crippen molar-refractivity contribution < 1.29 is 9.90 Å². The number of rotatable bonds is 3. The molecule has 0 aromatic carbocycles. The van der Waals surface area contributed by atoms with Crippen LogP contribution in [-0.4, -0.2) is 11.1 Å². The van der Waals surface area contributed by atoms with Crippen molar-refractivity contribution in [3.8, 4) is 0 Å². The summed E-state index contributed by atoms with van der Waals surface area (Å²) >= 11 is 5.16. The Morgan fingerprint density at radius 3 is 2.81 bits per heavy atom. The Morgan fingerprint density at radius 2 is 2.19 bits per heavy atom. The van der Waals surface area contributed by atoms with Gasteiger partial charge in [0, 0.05) is 4.88 Å². The van der Waals surface area contributed by atoms with E-state index in [2.05, 4.69) is 22.0 Å². The zero-order chi connectivity index (χ0) is 11.5. The molecule has 1 heterocycles. The van der Waals surface area contributed by atoms with E-state index in [1.54, 1.807) is 11.3 Å². The number of halogens is 1. The van der Waals surface area contributed by atoms with Gasteiger partial charge in [-0.15, -0.1) is 11.3 Å². The topological polar surface area (TPSA) is 37.3 Å².